The third-order valence-electron chi connectivity index (χ3n) is 5.29. The number of amides is 1. The molecule has 6 heteroatoms. The molecule has 1 saturated carbocycles. The molecule has 1 saturated heterocycles. The van der Waals surface area contributed by atoms with Crippen molar-refractivity contribution in [1.82, 2.24) is 15.1 Å². The molecule has 2 aromatic rings. The maximum Gasteiger partial charge on any atom is 0.228 e. The van der Waals surface area contributed by atoms with E-state index in [1.165, 1.54) is 0 Å². The van der Waals surface area contributed by atoms with Gasteiger partial charge in [0.1, 0.15) is 6.10 Å². The first-order valence-corrected chi connectivity index (χ1v) is 9.27. The number of rotatable bonds is 7. The minimum absolute atomic E-state index is 0.00458. The summed E-state index contributed by atoms with van der Waals surface area (Å²) in [5.41, 5.74) is 0.814. The van der Waals surface area contributed by atoms with Crippen molar-refractivity contribution in [2.24, 2.45) is 5.41 Å². The number of aromatic nitrogens is 2. The lowest BCUT2D eigenvalue weighted by atomic mass is 10.0. The molecule has 2 aliphatic rings. The second kappa shape index (κ2) is 7.60. The van der Waals surface area contributed by atoms with E-state index in [-0.39, 0.29) is 23.5 Å². The highest BCUT2D eigenvalue weighted by Crippen LogP contribution is 2.47. The average Bonchev–Trinajstić information content (AvgIpc) is 3.28. The van der Waals surface area contributed by atoms with Crippen molar-refractivity contribution in [3.05, 3.63) is 54.4 Å². The fraction of sp³-hybridized carbons (Fsp3) is 0.500. The lowest BCUT2D eigenvalue weighted by Gasteiger charge is -2.33. The molecule has 0 radical (unpaired) electrons. The number of hydrogen-bond donors (Lipinski definition) is 1. The van der Waals surface area contributed by atoms with Gasteiger partial charge in [-0.05, 0) is 30.9 Å². The summed E-state index contributed by atoms with van der Waals surface area (Å²) >= 11 is 0. The summed E-state index contributed by atoms with van der Waals surface area (Å²) in [4.78, 5) is 12.9. The van der Waals surface area contributed by atoms with E-state index < -0.39 is 0 Å². The minimum Gasteiger partial charge on any atom is -0.379 e. The molecule has 2 fully saturated rings. The molecule has 0 bridgehead atoms. The molecular weight excluding hydrogens is 330 g/mol. The molecule has 0 spiro atoms. The first-order chi connectivity index (χ1) is 12.8. The van der Waals surface area contributed by atoms with Crippen molar-refractivity contribution < 1.29 is 14.3 Å². The van der Waals surface area contributed by atoms with Crippen LogP contribution in [0.2, 0.25) is 0 Å². The topological polar surface area (TPSA) is 65.4 Å². The third-order valence-corrected chi connectivity index (χ3v) is 5.29. The van der Waals surface area contributed by atoms with E-state index in [2.05, 4.69) is 10.4 Å². The predicted molar refractivity (Wildman–Crippen MR) is 96.3 cm³/mol. The summed E-state index contributed by atoms with van der Waals surface area (Å²) in [6.45, 7) is 2.34. The van der Waals surface area contributed by atoms with Gasteiger partial charge in [0, 0.05) is 19.0 Å². The molecule has 4 rings (SSSR count). The molecule has 2 atom stereocenters. The van der Waals surface area contributed by atoms with Crippen LogP contribution in [0.25, 0.3) is 0 Å². The van der Waals surface area contributed by atoms with Gasteiger partial charge < -0.3 is 14.8 Å². The third kappa shape index (κ3) is 3.97. The van der Waals surface area contributed by atoms with Gasteiger partial charge in [-0.1, -0.05) is 30.3 Å². The molecule has 1 amide bonds. The number of carbonyl (C=O) groups is 1. The summed E-state index contributed by atoms with van der Waals surface area (Å²) in [6, 6.07) is 12.0. The lowest BCUT2D eigenvalue weighted by Crippen LogP contribution is -2.52. The van der Waals surface area contributed by atoms with Gasteiger partial charge in [-0.3, -0.25) is 9.48 Å². The molecule has 138 valence electrons. The zero-order chi connectivity index (χ0) is 17.8. The van der Waals surface area contributed by atoms with Crippen LogP contribution in [0, 0.1) is 5.41 Å². The SMILES string of the molecule is O=C(N[C@@H]1CCOC[C@H]1OCc1ccccc1)C1(Cn2cccn2)CC1. The van der Waals surface area contributed by atoms with Crippen molar-refractivity contribution in [3.63, 3.8) is 0 Å². The number of hydrogen-bond acceptors (Lipinski definition) is 4. The van der Waals surface area contributed by atoms with Crippen LogP contribution in [0.5, 0.6) is 0 Å². The van der Waals surface area contributed by atoms with E-state index >= 15 is 0 Å². The lowest BCUT2D eigenvalue weighted by molar-refractivity contribution is -0.132. The van der Waals surface area contributed by atoms with Crippen molar-refractivity contribution in [1.29, 1.82) is 0 Å². The van der Waals surface area contributed by atoms with E-state index in [4.69, 9.17) is 9.47 Å². The molecule has 2 heterocycles. The molecule has 1 N–H and O–H groups in total. The molecule has 0 unspecified atom stereocenters. The second-order valence-corrected chi connectivity index (χ2v) is 7.26. The minimum atomic E-state index is -0.311. The van der Waals surface area contributed by atoms with Gasteiger partial charge >= 0.3 is 0 Å². The van der Waals surface area contributed by atoms with Crippen LogP contribution in [0.1, 0.15) is 24.8 Å². The monoisotopic (exact) mass is 355 g/mol. The number of nitrogens with zero attached hydrogens (tertiary/aromatic N) is 2. The van der Waals surface area contributed by atoms with Crippen LogP contribution in [0.4, 0.5) is 0 Å². The number of carbonyl (C=O) groups excluding carboxylic acids is 1. The standard InChI is InChI=1S/C20H25N3O3/c24-19(20(8-9-20)15-23-11-4-10-21-23)22-17-7-12-25-14-18(17)26-13-16-5-2-1-3-6-16/h1-6,10-11,17-18H,7-9,12-15H2,(H,22,24)/t17-,18-/m1/s1. The predicted octanol–water partition coefficient (Wildman–Crippen LogP) is 2.15. The van der Waals surface area contributed by atoms with Crippen molar-refractivity contribution in [2.75, 3.05) is 13.2 Å². The van der Waals surface area contributed by atoms with Crippen molar-refractivity contribution >= 4 is 5.91 Å². The zero-order valence-electron chi connectivity index (χ0n) is 14.8. The number of nitrogens with one attached hydrogen (secondary N) is 1. The van der Waals surface area contributed by atoms with E-state index in [0.29, 0.717) is 26.4 Å². The Morgan fingerprint density at radius 2 is 2.15 bits per heavy atom. The summed E-state index contributed by atoms with van der Waals surface area (Å²) < 4.78 is 13.5. The second-order valence-electron chi connectivity index (χ2n) is 7.26. The number of benzene rings is 1. The van der Waals surface area contributed by atoms with Gasteiger partial charge in [0.05, 0.1) is 31.2 Å². The van der Waals surface area contributed by atoms with Crippen LogP contribution in [-0.4, -0.2) is 41.0 Å². The molecule has 1 aliphatic carbocycles. The summed E-state index contributed by atoms with van der Waals surface area (Å²) in [5, 5.41) is 7.48. The van der Waals surface area contributed by atoms with E-state index in [1.807, 2.05) is 47.3 Å². The van der Waals surface area contributed by atoms with Crippen LogP contribution in [0.15, 0.2) is 48.8 Å². The zero-order valence-corrected chi connectivity index (χ0v) is 14.8. The molecule has 26 heavy (non-hydrogen) atoms. The smallest absolute Gasteiger partial charge is 0.228 e. The Morgan fingerprint density at radius 1 is 1.31 bits per heavy atom. The highest BCUT2D eigenvalue weighted by Gasteiger charge is 2.51. The molecule has 6 nitrogen and oxygen atoms in total. The fourth-order valence-corrected chi connectivity index (χ4v) is 3.45. The van der Waals surface area contributed by atoms with Gasteiger partial charge in [0.15, 0.2) is 0 Å². The molecule has 1 aliphatic heterocycles. The molecular formula is C20H25N3O3. The molecule has 1 aromatic heterocycles. The summed E-state index contributed by atoms with van der Waals surface area (Å²) in [7, 11) is 0. The van der Waals surface area contributed by atoms with E-state index in [1.54, 1.807) is 6.20 Å². The van der Waals surface area contributed by atoms with Gasteiger partial charge in [-0.15, -0.1) is 0 Å². The fourth-order valence-electron chi connectivity index (χ4n) is 3.45. The maximum atomic E-state index is 12.9. The van der Waals surface area contributed by atoms with Crippen molar-refractivity contribution in [3.8, 4) is 0 Å². The largest absolute Gasteiger partial charge is 0.379 e. The highest BCUT2D eigenvalue weighted by molar-refractivity contribution is 5.85. The quantitative estimate of drug-likeness (QED) is 0.827. The van der Waals surface area contributed by atoms with E-state index in [0.717, 1.165) is 24.8 Å². The Bertz CT molecular complexity index is 713. The highest BCUT2D eigenvalue weighted by atomic mass is 16.5. The summed E-state index contributed by atoms with van der Waals surface area (Å²) in [6.07, 6.45) is 6.15. The van der Waals surface area contributed by atoms with Crippen LogP contribution >= 0.6 is 0 Å². The van der Waals surface area contributed by atoms with Gasteiger partial charge in [0.2, 0.25) is 5.91 Å². The summed E-state index contributed by atoms with van der Waals surface area (Å²) in [5.74, 6) is 0.119. The number of ether oxygens (including phenoxy) is 2. The van der Waals surface area contributed by atoms with Gasteiger partial charge in [-0.2, -0.15) is 5.10 Å². The first kappa shape index (κ1) is 17.2. The Kier molecular flexibility index (Phi) is 5.04. The van der Waals surface area contributed by atoms with Crippen molar-refractivity contribution in [2.45, 2.75) is 44.6 Å². The van der Waals surface area contributed by atoms with E-state index in [9.17, 15) is 4.79 Å². The Labute approximate surface area is 153 Å². The van der Waals surface area contributed by atoms with Crippen LogP contribution in [-0.2, 0) is 27.4 Å². The molecule has 1 aromatic carbocycles. The Balaban J connectivity index is 1.35. The maximum absolute atomic E-state index is 12.9. The average molecular weight is 355 g/mol. The Hall–Kier alpha value is -2.18. The Morgan fingerprint density at radius 3 is 2.88 bits per heavy atom. The normalized spacial score (nSPS) is 24.2. The first-order valence-electron chi connectivity index (χ1n) is 9.27. The van der Waals surface area contributed by atoms with Crippen LogP contribution < -0.4 is 5.32 Å². The van der Waals surface area contributed by atoms with Crippen LogP contribution in [0.3, 0.4) is 0 Å². The van der Waals surface area contributed by atoms with Gasteiger partial charge in [0.25, 0.3) is 0 Å². The van der Waals surface area contributed by atoms with Gasteiger partial charge in [-0.25, -0.2) is 0 Å².